The summed E-state index contributed by atoms with van der Waals surface area (Å²) in [6.45, 7) is 1.73. The molecule has 4 rings (SSSR count). The highest BCUT2D eigenvalue weighted by Gasteiger charge is 2.25. The number of hydrogen-bond acceptors (Lipinski definition) is 4. The van der Waals surface area contributed by atoms with Gasteiger partial charge in [0.05, 0.1) is 6.54 Å². The van der Waals surface area contributed by atoms with E-state index < -0.39 is 0 Å². The number of amides is 1. The van der Waals surface area contributed by atoms with E-state index in [9.17, 15) is 9.59 Å². The summed E-state index contributed by atoms with van der Waals surface area (Å²) in [6, 6.07) is 13.2. The summed E-state index contributed by atoms with van der Waals surface area (Å²) in [6.07, 6.45) is 3.57. The third kappa shape index (κ3) is 2.91. The second-order valence-corrected chi connectivity index (χ2v) is 6.18. The molecule has 1 aliphatic rings. The molecule has 0 atom stereocenters. The lowest BCUT2D eigenvalue weighted by Crippen LogP contribution is -2.36. The van der Waals surface area contributed by atoms with Crippen molar-refractivity contribution in [3.8, 4) is 0 Å². The molecule has 1 aliphatic heterocycles. The van der Waals surface area contributed by atoms with Crippen LogP contribution in [0.4, 0.5) is 0 Å². The van der Waals surface area contributed by atoms with Crippen LogP contribution in [0.5, 0.6) is 0 Å². The topological polar surface area (TPSA) is 68.1 Å². The molecule has 1 amide bonds. The first-order chi connectivity index (χ1) is 12.2. The van der Waals surface area contributed by atoms with Crippen molar-refractivity contribution in [1.82, 2.24) is 19.4 Å². The zero-order valence-corrected chi connectivity index (χ0v) is 13.8. The lowest BCUT2D eigenvalue weighted by atomic mass is 10.2. The summed E-state index contributed by atoms with van der Waals surface area (Å²) in [5.74, 6) is -0.282. The molecular formula is C19H18N4O2. The summed E-state index contributed by atoms with van der Waals surface area (Å²) >= 11 is 0. The number of hydrogen-bond donors (Lipinski definition) is 0. The van der Waals surface area contributed by atoms with Crippen LogP contribution in [0.15, 0.2) is 53.5 Å². The third-order valence-electron chi connectivity index (χ3n) is 4.48. The van der Waals surface area contributed by atoms with Gasteiger partial charge in [0.15, 0.2) is 11.3 Å². The molecule has 6 nitrogen and oxygen atoms in total. The number of likely N-dealkylation sites (tertiary alicyclic amines) is 1. The van der Waals surface area contributed by atoms with Crippen LogP contribution in [0, 0.1) is 0 Å². The van der Waals surface area contributed by atoms with E-state index in [1.165, 1.54) is 0 Å². The Bertz CT molecular complexity index is 976. The molecule has 0 radical (unpaired) electrons. The molecule has 0 saturated carbocycles. The van der Waals surface area contributed by atoms with Gasteiger partial charge in [-0.15, -0.1) is 0 Å². The molecular weight excluding hydrogens is 316 g/mol. The summed E-state index contributed by atoms with van der Waals surface area (Å²) in [5.41, 5.74) is 1.63. The van der Waals surface area contributed by atoms with Crippen LogP contribution < -0.4 is 5.56 Å². The van der Waals surface area contributed by atoms with Crippen molar-refractivity contribution in [3.05, 3.63) is 70.3 Å². The van der Waals surface area contributed by atoms with Crippen molar-refractivity contribution in [1.29, 1.82) is 0 Å². The molecule has 126 valence electrons. The molecule has 6 heteroatoms. The van der Waals surface area contributed by atoms with E-state index in [-0.39, 0.29) is 17.2 Å². The Morgan fingerprint density at radius 2 is 1.80 bits per heavy atom. The number of nitrogens with zero attached hydrogens (tertiary/aromatic N) is 4. The van der Waals surface area contributed by atoms with Crippen molar-refractivity contribution in [2.24, 2.45) is 0 Å². The molecule has 1 saturated heterocycles. The molecule has 0 bridgehead atoms. The normalized spacial score (nSPS) is 14.2. The van der Waals surface area contributed by atoms with E-state index in [1.54, 1.807) is 27.8 Å². The molecule has 3 aromatic rings. The van der Waals surface area contributed by atoms with Crippen molar-refractivity contribution in [3.63, 3.8) is 0 Å². The van der Waals surface area contributed by atoms with Crippen molar-refractivity contribution < 1.29 is 4.79 Å². The van der Waals surface area contributed by atoms with Gasteiger partial charge in [-0.2, -0.15) is 0 Å². The van der Waals surface area contributed by atoms with Crippen LogP contribution in [0.1, 0.15) is 28.9 Å². The lowest BCUT2D eigenvalue weighted by molar-refractivity contribution is 0.0785. The number of rotatable bonds is 3. The monoisotopic (exact) mass is 334 g/mol. The predicted octanol–water partition coefficient (Wildman–Crippen LogP) is 2.08. The molecule has 0 aliphatic carbocycles. The molecule has 3 heterocycles. The summed E-state index contributed by atoms with van der Waals surface area (Å²) < 4.78 is 1.54. The number of aromatic nitrogens is 3. The lowest BCUT2D eigenvalue weighted by Gasteiger charge is -2.16. The first-order valence-electron chi connectivity index (χ1n) is 8.43. The second-order valence-electron chi connectivity index (χ2n) is 6.18. The second kappa shape index (κ2) is 6.47. The molecule has 2 aromatic heterocycles. The number of carbonyl (C=O) groups excluding carboxylic acids is 1. The van der Waals surface area contributed by atoms with E-state index >= 15 is 0 Å². The van der Waals surface area contributed by atoms with Gasteiger partial charge in [-0.3, -0.25) is 14.2 Å². The Morgan fingerprint density at radius 3 is 2.56 bits per heavy atom. The van der Waals surface area contributed by atoms with E-state index in [2.05, 4.69) is 9.97 Å². The minimum atomic E-state index is -0.382. The average Bonchev–Trinajstić information content (AvgIpc) is 3.19. The van der Waals surface area contributed by atoms with E-state index in [0.29, 0.717) is 30.8 Å². The van der Waals surface area contributed by atoms with Gasteiger partial charge in [0.2, 0.25) is 0 Å². The van der Waals surface area contributed by atoms with Crippen molar-refractivity contribution in [2.75, 3.05) is 13.1 Å². The zero-order chi connectivity index (χ0) is 17.2. The fourth-order valence-corrected chi connectivity index (χ4v) is 3.20. The molecule has 0 N–H and O–H groups in total. The fourth-order valence-electron chi connectivity index (χ4n) is 3.20. The average molecular weight is 334 g/mol. The Morgan fingerprint density at radius 1 is 1.04 bits per heavy atom. The molecule has 1 aromatic carbocycles. The Labute approximate surface area is 144 Å². The minimum absolute atomic E-state index is 0.0154. The maximum absolute atomic E-state index is 13.0. The molecule has 0 unspecified atom stereocenters. The smallest absolute Gasteiger partial charge is 0.284 e. The van der Waals surface area contributed by atoms with Gasteiger partial charge in [0.25, 0.3) is 11.5 Å². The van der Waals surface area contributed by atoms with Gasteiger partial charge in [0.1, 0.15) is 5.52 Å². The maximum atomic E-state index is 13.0. The first kappa shape index (κ1) is 15.5. The highest BCUT2D eigenvalue weighted by atomic mass is 16.2. The van der Waals surface area contributed by atoms with Crippen LogP contribution in [-0.4, -0.2) is 38.4 Å². The van der Waals surface area contributed by atoms with Crippen LogP contribution in [0.25, 0.3) is 11.2 Å². The van der Waals surface area contributed by atoms with Crippen LogP contribution in [-0.2, 0) is 6.54 Å². The summed E-state index contributed by atoms with van der Waals surface area (Å²) in [7, 11) is 0. The molecule has 25 heavy (non-hydrogen) atoms. The SMILES string of the molecule is O=C(c1nc2cccnc2n(Cc2ccccc2)c1=O)N1CCCC1. The Kier molecular flexibility index (Phi) is 4.01. The summed E-state index contributed by atoms with van der Waals surface area (Å²) in [5, 5.41) is 0. The predicted molar refractivity (Wildman–Crippen MR) is 94.5 cm³/mol. The minimum Gasteiger partial charge on any atom is -0.337 e. The highest BCUT2D eigenvalue weighted by molar-refractivity contribution is 5.93. The first-order valence-corrected chi connectivity index (χ1v) is 8.43. The van der Waals surface area contributed by atoms with Crippen LogP contribution in [0.3, 0.4) is 0 Å². The summed E-state index contributed by atoms with van der Waals surface area (Å²) in [4.78, 5) is 36.1. The van der Waals surface area contributed by atoms with Crippen LogP contribution in [0.2, 0.25) is 0 Å². The van der Waals surface area contributed by atoms with Gasteiger partial charge in [0, 0.05) is 19.3 Å². The van der Waals surface area contributed by atoms with Crippen molar-refractivity contribution >= 4 is 17.1 Å². The maximum Gasteiger partial charge on any atom is 0.284 e. The zero-order valence-electron chi connectivity index (χ0n) is 13.8. The van der Waals surface area contributed by atoms with Gasteiger partial charge in [-0.1, -0.05) is 30.3 Å². The largest absolute Gasteiger partial charge is 0.337 e. The van der Waals surface area contributed by atoms with Crippen molar-refractivity contribution in [2.45, 2.75) is 19.4 Å². The van der Waals surface area contributed by atoms with Gasteiger partial charge in [-0.25, -0.2) is 9.97 Å². The van der Waals surface area contributed by atoms with E-state index in [1.807, 2.05) is 30.3 Å². The van der Waals surface area contributed by atoms with Crippen LogP contribution >= 0.6 is 0 Å². The number of fused-ring (bicyclic) bond motifs is 1. The standard InChI is InChI=1S/C19H18N4O2/c24-18(22-11-4-5-12-22)16-19(25)23(13-14-7-2-1-3-8-14)17-15(21-16)9-6-10-20-17/h1-3,6-10H,4-5,11-13H2. The van der Waals surface area contributed by atoms with Gasteiger partial charge < -0.3 is 4.90 Å². The third-order valence-corrected chi connectivity index (χ3v) is 4.48. The van der Waals surface area contributed by atoms with Gasteiger partial charge >= 0.3 is 0 Å². The molecule has 0 spiro atoms. The molecule has 1 fully saturated rings. The van der Waals surface area contributed by atoms with E-state index in [4.69, 9.17) is 0 Å². The van der Waals surface area contributed by atoms with E-state index in [0.717, 1.165) is 18.4 Å². The fraction of sp³-hybridized carbons (Fsp3) is 0.263. The highest BCUT2D eigenvalue weighted by Crippen LogP contribution is 2.13. The quantitative estimate of drug-likeness (QED) is 0.735. The number of carbonyl (C=O) groups is 1. The number of pyridine rings is 1. The Hall–Kier alpha value is -3.02. The Balaban J connectivity index is 1.86. The number of benzene rings is 1. The van der Waals surface area contributed by atoms with Gasteiger partial charge in [-0.05, 0) is 30.5 Å².